The molecule has 17 heavy (non-hydrogen) atoms. The van der Waals surface area contributed by atoms with Crippen molar-refractivity contribution in [2.45, 2.75) is 44.6 Å². The zero-order valence-corrected chi connectivity index (χ0v) is 10.3. The Bertz CT molecular complexity index is 352. The van der Waals surface area contributed by atoms with E-state index < -0.39 is 0 Å². The van der Waals surface area contributed by atoms with E-state index in [1.165, 1.54) is 25.7 Å². The van der Waals surface area contributed by atoms with Crippen molar-refractivity contribution >= 4 is 5.78 Å². The predicted molar refractivity (Wildman–Crippen MR) is 69.9 cm³/mol. The predicted octanol–water partition coefficient (Wildman–Crippen LogP) is 3.17. The molecule has 0 radical (unpaired) electrons. The minimum atomic E-state index is -0.310. The zero-order valence-electron chi connectivity index (χ0n) is 10.3. The lowest BCUT2D eigenvalue weighted by Crippen LogP contribution is -2.38. The molecule has 2 heteroatoms. The third kappa shape index (κ3) is 3.16. The number of hydrogen-bond acceptors (Lipinski definition) is 2. The minimum absolute atomic E-state index is 0.109. The summed E-state index contributed by atoms with van der Waals surface area (Å²) in [6.45, 7) is 0. The third-order valence-corrected chi connectivity index (χ3v) is 3.77. The molecule has 1 aliphatic carbocycles. The Kier molecular flexibility index (Phi) is 4.32. The van der Waals surface area contributed by atoms with Crippen LogP contribution < -0.4 is 5.73 Å². The van der Waals surface area contributed by atoms with Gasteiger partial charge in [0.05, 0.1) is 6.04 Å². The monoisotopic (exact) mass is 231 g/mol. The lowest BCUT2D eigenvalue weighted by Gasteiger charge is -2.21. The van der Waals surface area contributed by atoms with Gasteiger partial charge >= 0.3 is 0 Å². The summed E-state index contributed by atoms with van der Waals surface area (Å²) >= 11 is 0. The number of carbonyl (C=O) groups excluding carboxylic acids is 1. The van der Waals surface area contributed by atoms with Crippen molar-refractivity contribution in [3.05, 3.63) is 35.9 Å². The van der Waals surface area contributed by atoms with Crippen molar-refractivity contribution in [3.63, 3.8) is 0 Å². The zero-order chi connectivity index (χ0) is 12.1. The summed E-state index contributed by atoms with van der Waals surface area (Å²) in [5.41, 5.74) is 6.90. The third-order valence-electron chi connectivity index (χ3n) is 3.77. The second-order valence-electron chi connectivity index (χ2n) is 5.01. The topological polar surface area (TPSA) is 43.1 Å². The molecule has 0 amide bonds. The summed E-state index contributed by atoms with van der Waals surface area (Å²) in [7, 11) is 0. The fraction of sp³-hybridized carbons (Fsp3) is 0.533. The molecule has 1 unspecified atom stereocenters. The van der Waals surface area contributed by atoms with E-state index in [-0.39, 0.29) is 11.8 Å². The molecule has 1 fully saturated rings. The number of carbonyl (C=O) groups is 1. The van der Waals surface area contributed by atoms with Crippen molar-refractivity contribution in [1.29, 1.82) is 0 Å². The second kappa shape index (κ2) is 5.97. The molecule has 1 atom stereocenters. The fourth-order valence-corrected chi connectivity index (χ4v) is 2.68. The van der Waals surface area contributed by atoms with Crippen LogP contribution in [0.25, 0.3) is 0 Å². The van der Waals surface area contributed by atoms with Crippen molar-refractivity contribution in [1.82, 2.24) is 0 Å². The summed E-state index contributed by atoms with van der Waals surface area (Å²) < 4.78 is 0. The normalized spacial score (nSPS) is 19.6. The Balaban J connectivity index is 2.03. The maximum atomic E-state index is 12.2. The Morgan fingerprint density at radius 3 is 2.24 bits per heavy atom. The molecule has 0 aromatic heterocycles. The van der Waals surface area contributed by atoms with Gasteiger partial charge in [-0.3, -0.25) is 4.79 Å². The van der Waals surface area contributed by atoms with Gasteiger partial charge in [-0.15, -0.1) is 0 Å². The molecule has 0 bridgehead atoms. The molecular weight excluding hydrogens is 210 g/mol. The molecule has 0 spiro atoms. The molecule has 1 aliphatic rings. The second-order valence-corrected chi connectivity index (χ2v) is 5.01. The molecule has 2 N–H and O–H groups in total. The van der Waals surface area contributed by atoms with Crippen LogP contribution in [0.2, 0.25) is 0 Å². The van der Waals surface area contributed by atoms with E-state index in [4.69, 9.17) is 5.73 Å². The summed E-state index contributed by atoms with van der Waals surface area (Å²) in [5.74, 6) is 0.489. The molecule has 0 saturated heterocycles. The number of benzene rings is 1. The Morgan fingerprint density at radius 2 is 1.65 bits per heavy atom. The minimum Gasteiger partial charge on any atom is -0.321 e. The van der Waals surface area contributed by atoms with Gasteiger partial charge in [0.2, 0.25) is 0 Å². The van der Waals surface area contributed by atoms with E-state index in [2.05, 4.69) is 0 Å². The van der Waals surface area contributed by atoms with Crippen molar-refractivity contribution < 1.29 is 4.79 Å². The van der Waals surface area contributed by atoms with E-state index in [0.29, 0.717) is 5.92 Å². The van der Waals surface area contributed by atoms with Crippen molar-refractivity contribution in [2.24, 2.45) is 11.7 Å². The highest BCUT2D eigenvalue weighted by molar-refractivity contribution is 6.00. The molecule has 1 aromatic rings. The summed E-state index contributed by atoms with van der Waals surface area (Å²) in [6, 6.07) is 9.13. The molecule has 92 valence electrons. The number of ketones is 1. The fourth-order valence-electron chi connectivity index (χ4n) is 2.68. The Morgan fingerprint density at radius 1 is 1.06 bits per heavy atom. The molecule has 2 nitrogen and oxygen atoms in total. The van der Waals surface area contributed by atoms with Gasteiger partial charge in [0.25, 0.3) is 0 Å². The van der Waals surface area contributed by atoms with Crippen LogP contribution in [0.5, 0.6) is 0 Å². The highest BCUT2D eigenvalue weighted by atomic mass is 16.1. The van der Waals surface area contributed by atoms with E-state index in [0.717, 1.165) is 18.4 Å². The Hall–Kier alpha value is -1.15. The lowest BCUT2D eigenvalue weighted by atomic mass is 9.87. The van der Waals surface area contributed by atoms with E-state index >= 15 is 0 Å². The highest BCUT2D eigenvalue weighted by Gasteiger charge is 2.25. The smallest absolute Gasteiger partial charge is 0.179 e. The largest absolute Gasteiger partial charge is 0.321 e. The van der Waals surface area contributed by atoms with Crippen LogP contribution in [-0.4, -0.2) is 11.8 Å². The summed E-state index contributed by atoms with van der Waals surface area (Å²) in [4.78, 5) is 12.2. The molecule has 2 rings (SSSR count). The Labute approximate surface area is 103 Å². The quantitative estimate of drug-likeness (QED) is 0.641. The maximum Gasteiger partial charge on any atom is 0.179 e. The molecule has 1 aromatic carbocycles. The van der Waals surface area contributed by atoms with Gasteiger partial charge in [-0.25, -0.2) is 0 Å². The summed E-state index contributed by atoms with van der Waals surface area (Å²) in [6.07, 6.45) is 7.26. The van der Waals surface area contributed by atoms with Crippen LogP contribution in [-0.2, 0) is 0 Å². The maximum absolute atomic E-state index is 12.2. The van der Waals surface area contributed by atoms with Crippen LogP contribution in [0.4, 0.5) is 0 Å². The molecular formula is C15H21NO. The first kappa shape index (κ1) is 12.3. The van der Waals surface area contributed by atoms with Crippen LogP contribution in [0.3, 0.4) is 0 Å². The average molecular weight is 231 g/mol. The summed E-state index contributed by atoms with van der Waals surface area (Å²) in [5, 5.41) is 0. The standard InChI is InChI=1S/C15H21NO/c16-14(12-8-4-1-2-5-9-12)15(17)13-10-6-3-7-11-13/h3,6-7,10-12,14H,1-2,4-5,8-9,16H2. The van der Waals surface area contributed by atoms with Crippen LogP contribution in [0.1, 0.15) is 48.9 Å². The number of hydrogen-bond donors (Lipinski definition) is 1. The van der Waals surface area contributed by atoms with Gasteiger partial charge in [-0.05, 0) is 18.8 Å². The first-order valence-corrected chi connectivity index (χ1v) is 6.64. The van der Waals surface area contributed by atoms with Crippen LogP contribution >= 0.6 is 0 Å². The van der Waals surface area contributed by atoms with Crippen molar-refractivity contribution in [3.8, 4) is 0 Å². The molecule has 0 aliphatic heterocycles. The molecule has 0 heterocycles. The number of Topliss-reactive ketones (excluding diaryl/α,β-unsaturated/α-hetero) is 1. The van der Waals surface area contributed by atoms with Gasteiger partial charge in [0.15, 0.2) is 5.78 Å². The van der Waals surface area contributed by atoms with Crippen molar-refractivity contribution in [2.75, 3.05) is 0 Å². The van der Waals surface area contributed by atoms with Gasteiger partial charge in [0.1, 0.15) is 0 Å². The van der Waals surface area contributed by atoms with Crippen LogP contribution in [0.15, 0.2) is 30.3 Å². The van der Waals surface area contributed by atoms with Gasteiger partial charge in [-0.2, -0.15) is 0 Å². The van der Waals surface area contributed by atoms with E-state index in [9.17, 15) is 4.79 Å². The van der Waals surface area contributed by atoms with Gasteiger partial charge in [0, 0.05) is 5.56 Å². The SMILES string of the molecule is NC(C(=O)c1ccccc1)C1CCCCCC1. The lowest BCUT2D eigenvalue weighted by molar-refractivity contribution is 0.0926. The van der Waals surface area contributed by atoms with Gasteiger partial charge < -0.3 is 5.73 Å². The van der Waals surface area contributed by atoms with E-state index in [1.54, 1.807) is 0 Å². The molecule has 1 saturated carbocycles. The first-order chi connectivity index (χ1) is 8.29. The average Bonchev–Trinajstić information content (AvgIpc) is 2.67. The van der Waals surface area contributed by atoms with E-state index in [1.807, 2.05) is 30.3 Å². The number of rotatable bonds is 3. The van der Waals surface area contributed by atoms with Crippen LogP contribution in [0, 0.1) is 5.92 Å². The highest BCUT2D eigenvalue weighted by Crippen LogP contribution is 2.26. The van der Waals surface area contributed by atoms with Gasteiger partial charge in [-0.1, -0.05) is 56.0 Å². The number of nitrogens with two attached hydrogens (primary N) is 1. The first-order valence-electron chi connectivity index (χ1n) is 6.64.